The normalized spacial score (nSPS) is 14.4. The summed E-state index contributed by atoms with van der Waals surface area (Å²) in [5.74, 6) is 0. The molecule has 1 atom stereocenters. The summed E-state index contributed by atoms with van der Waals surface area (Å²) >= 11 is 13.6. The Morgan fingerprint density at radius 3 is 2.50 bits per heavy atom. The van der Waals surface area contributed by atoms with E-state index in [0.29, 0.717) is 0 Å². The van der Waals surface area contributed by atoms with Crippen LogP contribution in [-0.2, 0) is 6.42 Å². The van der Waals surface area contributed by atoms with Gasteiger partial charge in [0, 0.05) is 10.3 Å². The fourth-order valence-electron chi connectivity index (χ4n) is 1.75. The summed E-state index contributed by atoms with van der Waals surface area (Å²) in [5.41, 5.74) is 0.259. The van der Waals surface area contributed by atoms with Crippen molar-refractivity contribution in [1.29, 1.82) is 0 Å². The molecule has 0 aliphatic carbocycles. The van der Waals surface area contributed by atoms with E-state index < -0.39 is 0 Å². The molecule has 0 nitrogen and oxygen atoms in total. The van der Waals surface area contributed by atoms with Crippen molar-refractivity contribution >= 4 is 34.5 Å². The van der Waals surface area contributed by atoms with E-state index >= 15 is 0 Å². The lowest BCUT2D eigenvalue weighted by molar-refractivity contribution is 0.334. The van der Waals surface area contributed by atoms with E-state index in [4.69, 9.17) is 23.2 Å². The minimum Gasteiger partial charge on any atom is -0.128 e. The predicted molar refractivity (Wildman–Crippen MR) is 66.7 cm³/mol. The molecule has 1 aromatic heterocycles. The van der Waals surface area contributed by atoms with Crippen molar-refractivity contribution in [2.75, 3.05) is 0 Å². The second kappa shape index (κ2) is 4.87. The fraction of sp³-hybridized carbons (Fsp3) is 0.636. The topological polar surface area (TPSA) is 0 Å². The molecule has 0 bridgehead atoms. The van der Waals surface area contributed by atoms with E-state index in [-0.39, 0.29) is 10.8 Å². The summed E-state index contributed by atoms with van der Waals surface area (Å²) < 4.78 is 0.870. The second-order valence-electron chi connectivity index (χ2n) is 4.53. The minimum atomic E-state index is 0.237. The summed E-state index contributed by atoms with van der Waals surface area (Å²) in [6, 6.07) is 4.06. The molecule has 14 heavy (non-hydrogen) atoms. The molecule has 0 amide bonds. The minimum absolute atomic E-state index is 0.237. The summed E-state index contributed by atoms with van der Waals surface area (Å²) in [5, 5.41) is 0.237. The van der Waals surface area contributed by atoms with Crippen LogP contribution in [0.1, 0.15) is 32.1 Å². The summed E-state index contributed by atoms with van der Waals surface area (Å²) in [6.07, 6.45) is 2.09. The number of thiophene rings is 1. The third-order valence-electron chi connectivity index (χ3n) is 2.12. The van der Waals surface area contributed by atoms with Crippen LogP contribution in [0.25, 0.3) is 0 Å². The van der Waals surface area contributed by atoms with Gasteiger partial charge in [0.25, 0.3) is 0 Å². The first-order valence-electron chi connectivity index (χ1n) is 4.77. The molecule has 0 radical (unpaired) electrons. The molecule has 0 saturated carbocycles. The van der Waals surface area contributed by atoms with Gasteiger partial charge in [0.15, 0.2) is 0 Å². The molecular formula is C11H16Cl2S. The Morgan fingerprint density at radius 1 is 1.43 bits per heavy atom. The van der Waals surface area contributed by atoms with Crippen molar-refractivity contribution in [1.82, 2.24) is 0 Å². The molecule has 1 rings (SSSR count). The molecule has 0 aromatic carbocycles. The molecule has 3 heteroatoms. The second-order valence-corrected chi connectivity index (χ2v) is 7.08. The first-order chi connectivity index (χ1) is 6.39. The first kappa shape index (κ1) is 12.4. The monoisotopic (exact) mass is 250 g/mol. The van der Waals surface area contributed by atoms with E-state index in [0.717, 1.165) is 17.2 Å². The predicted octanol–water partition coefficient (Wildman–Crippen LogP) is 4.99. The van der Waals surface area contributed by atoms with Crippen LogP contribution in [0.5, 0.6) is 0 Å². The third-order valence-corrected chi connectivity index (χ3v) is 3.50. The number of alkyl halides is 1. The average Bonchev–Trinajstić information content (AvgIpc) is 2.30. The lowest BCUT2D eigenvalue weighted by atomic mass is 9.84. The van der Waals surface area contributed by atoms with Crippen LogP contribution in [-0.4, -0.2) is 5.38 Å². The molecule has 0 fully saturated rings. The molecule has 0 aliphatic heterocycles. The number of rotatable bonds is 4. The van der Waals surface area contributed by atoms with Crippen molar-refractivity contribution in [2.24, 2.45) is 5.41 Å². The Hall–Kier alpha value is 0.280. The summed E-state index contributed by atoms with van der Waals surface area (Å²) in [6.45, 7) is 6.55. The zero-order valence-corrected chi connectivity index (χ0v) is 11.1. The van der Waals surface area contributed by atoms with Gasteiger partial charge in [-0.2, -0.15) is 0 Å². The van der Waals surface area contributed by atoms with Crippen molar-refractivity contribution in [3.63, 3.8) is 0 Å². The Balaban J connectivity index is 2.58. The first-order valence-corrected chi connectivity index (χ1v) is 6.40. The number of halogens is 2. The molecule has 1 unspecified atom stereocenters. The van der Waals surface area contributed by atoms with Crippen LogP contribution < -0.4 is 0 Å². The van der Waals surface area contributed by atoms with Crippen molar-refractivity contribution in [3.8, 4) is 0 Å². The van der Waals surface area contributed by atoms with Crippen LogP contribution in [0, 0.1) is 5.41 Å². The van der Waals surface area contributed by atoms with Gasteiger partial charge in [-0.05, 0) is 37.3 Å². The number of hydrogen-bond acceptors (Lipinski definition) is 1. The zero-order chi connectivity index (χ0) is 10.8. The lowest BCUT2D eigenvalue weighted by Gasteiger charge is -2.25. The van der Waals surface area contributed by atoms with Gasteiger partial charge in [0.1, 0.15) is 0 Å². The smallest absolute Gasteiger partial charge is 0.0931 e. The standard InChI is InChI=1S/C11H16Cl2S/c1-8(12)6-11(2,3)7-9-4-5-10(13)14-9/h4-5,8H,6-7H2,1-3H3. The van der Waals surface area contributed by atoms with E-state index in [1.54, 1.807) is 11.3 Å². The molecule has 0 N–H and O–H groups in total. The van der Waals surface area contributed by atoms with Crippen molar-refractivity contribution < 1.29 is 0 Å². The van der Waals surface area contributed by atoms with Gasteiger partial charge < -0.3 is 0 Å². The highest BCUT2D eigenvalue weighted by Gasteiger charge is 2.21. The van der Waals surface area contributed by atoms with Crippen LogP contribution in [0.4, 0.5) is 0 Å². The number of hydrogen-bond donors (Lipinski definition) is 0. The maximum absolute atomic E-state index is 6.01. The van der Waals surface area contributed by atoms with Gasteiger partial charge in [0.05, 0.1) is 4.34 Å². The molecule has 0 aliphatic rings. The molecule has 0 saturated heterocycles. The van der Waals surface area contributed by atoms with Crippen molar-refractivity contribution in [3.05, 3.63) is 21.3 Å². The van der Waals surface area contributed by atoms with E-state index in [1.807, 2.05) is 13.0 Å². The Kier molecular flexibility index (Phi) is 4.30. The molecule has 80 valence electrons. The Morgan fingerprint density at radius 2 is 2.07 bits per heavy atom. The SMILES string of the molecule is CC(Cl)CC(C)(C)Cc1ccc(Cl)s1. The van der Waals surface area contributed by atoms with Gasteiger partial charge in [-0.25, -0.2) is 0 Å². The largest absolute Gasteiger partial charge is 0.128 e. The maximum Gasteiger partial charge on any atom is 0.0931 e. The van der Waals surface area contributed by atoms with Gasteiger partial charge in [-0.3, -0.25) is 0 Å². The van der Waals surface area contributed by atoms with Crippen LogP contribution >= 0.6 is 34.5 Å². The van der Waals surface area contributed by atoms with Crippen molar-refractivity contribution in [2.45, 2.75) is 39.0 Å². The Bertz CT molecular complexity index is 289. The van der Waals surface area contributed by atoms with Gasteiger partial charge >= 0.3 is 0 Å². The van der Waals surface area contributed by atoms with E-state index in [2.05, 4.69) is 19.9 Å². The quantitative estimate of drug-likeness (QED) is 0.661. The van der Waals surface area contributed by atoms with E-state index in [9.17, 15) is 0 Å². The summed E-state index contributed by atoms with van der Waals surface area (Å²) in [4.78, 5) is 1.34. The van der Waals surface area contributed by atoms with Crippen LogP contribution in [0.15, 0.2) is 12.1 Å². The molecule has 1 aromatic rings. The summed E-state index contributed by atoms with van der Waals surface area (Å²) in [7, 11) is 0. The highest BCUT2D eigenvalue weighted by atomic mass is 35.5. The molecular weight excluding hydrogens is 235 g/mol. The van der Waals surface area contributed by atoms with Gasteiger partial charge in [-0.15, -0.1) is 22.9 Å². The maximum atomic E-state index is 6.01. The molecule has 0 spiro atoms. The highest BCUT2D eigenvalue weighted by molar-refractivity contribution is 7.16. The van der Waals surface area contributed by atoms with Crippen LogP contribution in [0.3, 0.4) is 0 Å². The average molecular weight is 251 g/mol. The fourth-order valence-corrected chi connectivity index (χ4v) is 3.52. The van der Waals surface area contributed by atoms with Crippen LogP contribution in [0.2, 0.25) is 4.34 Å². The van der Waals surface area contributed by atoms with E-state index in [1.165, 1.54) is 4.88 Å². The van der Waals surface area contributed by atoms with Gasteiger partial charge in [-0.1, -0.05) is 25.4 Å². The lowest BCUT2D eigenvalue weighted by Crippen LogP contribution is -2.18. The highest BCUT2D eigenvalue weighted by Crippen LogP contribution is 2.32. The Labute approximate surface area is 100 Å². The zero-order valence-electron chi connectivity index (χ0n) is 8.81. The third kappa shape index (κ3) is 4.20. The molecule has 1 heterocycles. The van der Waals surface area contributed by atoms with Gasteiger partial charge in [0.2, 0.25) is 0 Å².